The van der Waals surface area contributed by atoms with E-state index in [1.165, 1.54) is 4.90 Å². The van der Waals surface area contributed by atoms with Gasteiger partial charge < -0.3 is 9.84 Å². The molecule has 0 aliphatic heterocycles. The second-order valence-corrected chi connectivity index (χ2v) is 5.67. The Bertz CT molecular complexity index is 496. The van der Waals surface area contributed by atoms with E-state index in [1.54, 1.807) is 11.8 Å². The molecule has 3 heteroatoms. The van der Waals surface area contributed by atoms with Gasteiger partial charge in [-0.15, -0.1) is 11.8 Å². The number of ether oxygens (including phenoxy) is 1. The minimum atomic E-state index is -0.377. The van der Waals surface area contributed by atoms with Gasteiger partial charge in [0.15, 0.2) is 0 Å². The van der Waals surface area contributed by atoms with Crippen LogP contribution in [0.4, 0.5) is 0 Å². The monoisotopic (exact) mass is 288 g/mol. The van der Waals surface area contributed by atoms with Gasteiger partial charge in [0.05, 0.1) is 12.7 Å². The maximum Gasteiger partial charge on any atom is 0.119 e. The quantitative estimate of drug-likeness (QED) is 0.608. The summed E-state index contributed by atoms with van der Waals surface area (Å²) in [5.74, 6) is 1.77. The van der Waals surface area contributed by atoms with Gasteiger partial charge in [0.1, 0.15) is 5.75 Å². The molecule has 1 N–H and O–H groups in total. The first-order valence-corrected chi connectivity index (χ1v) is 7.87. The highest BCUT2D eigenvalue weighted by molar-refractivity contribution is 7.99. The molecule has 0 saturated carbocycles. The van der Waals surface area contributed by atoms with Crippen molar-refractivity contribution in [2.45, 2.75) is 24.3 Å². The molecule has 2 rings (SSSR count). The first-order valence-electron chi connectivity index (χ1n) is 6.88. The summed E-state index contributed by atoms with van der Waals surface area (Å²) in [4.78, 5) is 1.26. The van der Waals surface area contributed by atoms with Crippen LogP contribution in [0, 0.1) is 0 Å². The highest BCUT2D eigenvalue weighted by Crippen LogP contribution is 2.21. The van der Waals surface area contributed by atoms with Crippen molar-refractivity contribution in [3.63, 3.8) is 0 Å². The lowest BCUT2D eigenvalue weighted by Crippen LogP contribution is -2.00. The third-order valence-corrected chi connectivity index (χ3v) is 3.99. The van der Waals surface area contributed by atoms with Crippen LogP contribution in [0.1, 0.15) is 25.0 Å². The molecule has 0 amide bonds. The molecule has 0 fully saturated rings. The lowest BCUT2D eigenvalue weighted by molar-refractivity contribution is 0.173. The second-order valence-electron chi connectivity index (χ2n) is 4.50. The summed E-state index contributed by atoms with van der Waals surface area (Å²) in [6.07, 6.45) is 0.353. The molecule has 106 valence electrons. The van der Waals surface area contributed by atoms with Gasteiger partial charge in [-0.1, -0.05) is 37.3 Å². The van der Waals surface area contributed by atoms with Crippen molar-refractivity contribution < 1.29 is 9.84 Å². The summed E-state index contributed by atoms with van der Waals surface area (Å²) < 4.78 is 5.69. The van der Waals surface area contributed by atoms with E-state index < -0.39 is 0 Å². The number of hydrogen-bond donors (Lipinski definition) is 1. The molecule has 2 aromatic carbocycles. The first-order chi connectivity index (χ1) is 9.79. The Morgan fingerprint density at radius 3 is 2.40 bits per heavy atom. The van der Waals surface area contributed by atoms with Crippen molar-refractivity contribution in [3.8, 4) is 5.75 Å². The lowest BCUT2D eigenvalue weighted by Gasteiger charge is -2.10. The zero-order valence-electron chi connectivity index (χ0n) is 11.7. The molecule has 1 unspecified atom stereocenters. The Balaban J connectivity index is 1.74. The Labute approximate surface area is 124 Å². The molecule has 2 nitrogen and oxygen atoms in total. The van der Waals surface area contributed by atoms with Crippen LogP contribution >= 0.6 is 11.8 Å². The number of aliphatic hydroxyl groups is 1. The smallest absolute Gasteiger partial charge is 0.119 e. The Morgan fingerprint density at radius 2 is 1.75 bits per heavy atom. The predicted molar refractivity (Wildman–Crippen MR) is 84.4 cm³/mol. The molecule has 0 aromatic heterocycles. The predicted octanol–water partition coefficient (Wildman–Crippen LogP) is 4.30. The van der Waals surface area contributed by atoms with E-state index >= 15 is 0 Å². The standard InChI is InChI=1S/C17H20O2S/c1-2-17(18)14-8-10-15(11-9-14)19-12-13-20-16-6-4-3-5-7-16/h3-11,17-18H,2,12-13H2,1H3. The summed E-state index contributed by atoms with van der Waals surface area (Å²) in [7, 11) is 0. The summed E-state index contributed by atoms with van der Waals surface area (Å²) in [5, 5.41) is 9.72. The number of thioether (sulfide) groups is 1. The minimum Gasteiger partial charge on any atom is -0.493 e. The van der Waals surface area contributed by atoms with Gasteiger partial charge in [-0.2, -0.15) is 0 Å². The number of hydrogen-bond acceptors (Lipinski definition) is 3. The van der Waals surface area contributed by atoms with Crippen molar-refractivity contribution in [1.82, 2.24) is 0 Å². The highest BCUT2D eigenvalue weighted by Gasteiger charge is 2.04. The van der Waals surface area contributed by atoms with Crippen molar-refractivity contribution in [2.75, 3.05) is 12.4 Å². The van der Waals surface area contributed by atoms with Crippen LogP contribution in [0.3, 0.4) is 0 Å². The van der Waals surface area contributed by atoms with E-state index in [1.807, 2.05) is 49.4 Å². The molecule has 20 heavy (non-hydrogen) atoms. The lowest BCUT2D eigenvalue weighted by atomic mass is 10.1. The molecular weight excluding hydrogens is 268 g/mol. The average Bonchev–Trinajstić information content (AvgIpc) is 2.52. The van der Waals surface area contributed by atoms with Crippen LogP contribution in [-0.2, 0) is 0 Å². The van der Waals surface area contributed by atoms with E-state index in [0.29, 0.717) is 6.61 Å². The zero-order chi connectivity index (χ0) is 14.2. The number of rotatable bonds is 7. The summed E-state index contributed by atoms with van der Waals surface area (Å²) in [6.45, 7) is 2.64. The van der Waals surface area contributed by atoms with Crippen LogP contribution in [0.25, 0.3) is 0 Å². The number of benzene rings is 2. The molecule has 0 aliphatic carbocycles. The van der Waals surface area contributed by atoms with Crippen LogP contribution in [0.5, 0.6) is 5.75 Å². The van der Waals surface area contributed by atoms with Gasteiger partial charge in [0.2, 0.25) is 0 Å². The van der Waals surface area contributed by atoms with Crippen LogP contribution < -0.4 is 4.74 Å². The summed E-state index contributed by atoms with van der Waals surface area (Å²) in [5.41, 5.74) is 0.943. The normalized spacial score (nSPS) is 12.1. The van der Waals surface area contributed by atoms with Gasteiger partial charge in [-0.25, -0.2) is 0 Å². The van der Waals surface area contributed by atoms with E-state index in [2.05, 4.69) is 12.1 Å². The minimum absolute atomic E-state index is 0.377. The summed E-state index contributed by atoms with van der Waals surface area (Å²) in [6, 6.07) is 18.0. The Kier molecular flexibility index (Phi) is 5.96. The second kappa shape index (κ2) is 7.98. The van der Waals surface area contributed by atoms with Gasteiger partial charge in [-0.3, -0.25) is 0 Å². The fraction of sp³-hybridized carbons (Fsp3) is 0.294. The van der Waals surface area contributed by atoms with Gasteiger partial charge in [0, 0.05) is 10.6 Å². The molecule has 2 aromatic rings. The molecule has 0 bridgehead atoms. The van der Waals surface area contributed by atoms with E-state index in [0.717, 1.165) is 23.5 Å². The van der Waals surface area contributed by atoms with Crippen molar-refractivity contribution in [2.24, 2.45) is 0 Å². The SMILES string of the molecule is CCC(O)c1ccc(OCCSc2ccccc2)cc1. The van der Waals surface area contributed by atoms with Crippen LogP contribution in [0.15, 0.2) is 59.5 Å². The largest absolute Gasteiger partial charge is 0.493 e. The Morgan fingerprint density at radius 1 is 1.05 bits per heavy atom. The number of aliphatic hydroxyl groups excluding tert-OH is 1. The molecule has 0 radical (unpaired) electrons. The first kappa shape index (κ1) is 14.9. The van der Waals surface area contributed by atoms with Crippen LogP contribution in [-0.4, -0.2) is 17.5 Å². The highest BCUT2D eigenvalue weighted by atomic mass is 32.2. The third-order valence-electron chi connectivity index (χ3n) is 3.02. The van der Waals surface area contributed by atoms with Gasteiger partial charge >= 0.3 is 0 Å². The van der Waals surface area contributed by atoms with Crippen LogP contribution in [0.2, 0.25) is 0 Å². The summed E-state index contributed by atoms with van der Waals surface area (Å²) >= 11 is 1.79. The topological polar surface area (TPSA) is 29.5 Å². The van der Waals surface area contributed by atoms with Gasteiger partial charge in [0.25, 0.3) is 0 Å². The molecule has 0 aliphatic rings. The fourth-order valence-electron chi connectivity index (χ4n) is 1.86. The fourth-order valence-corrected chi connectivity index (χ4v) is 2.61. The molecule has 1 atom stereocenters. The van der Waals surface area contributed by atoms with Crippen molar-refractivity contribution in [1.29, 1.82) is 0 Å². The maximum atomic E-state index is 9.72. The zero-order valence-corrected chi connectivity index (χ0v) is 12.5. The van der Waals surface area contributed by atoms with E-state index in [9.17, 15) is 5.11 Å². The molecule has 0 spiro atoms. The molecule has 0 heterocycles. The molecule has 0 saturated heterocycles. The van der Waals surface area contributed by atoms with E-state index in [-0.39, 0.29) is 6.10 Å². The van der Waals surface area contributed by atoms with E-state index in [4.69, 9.17) is 4.74 Å². The molecular formula is C17H20O2S. The van der Waals surface area contributed by atoms with Gasteiger partial charge in [-0.05, 0) is 36.2 Å². The van der Waals surface area contributed by atoms with Crippen molar-refractivity contribution in [3.05, 3.63) is 60.2 Å². The Hall–Kier alpha value is -1.45. The third kappa shape index (κ3) is 4.58. The maximum absolute atomic E-state index is 9.72. The van der Waals surface area contributed by atoms with Crippen molar-refractivity contribution >= 4 is 11.8 Å². The average molecular weight is 288 g/mol.